The van der Waals surface area contributed by atoms with Crippen molar-refractivity contribution in [3.8, 4) is 0 Å². The van der Waals surface area contributed by atoms with Gasteiger partial charge in [0, 0.05) is 6.04 Å². The van der Waals surface area contributed by atoms with E-state index in [-0.39, 0.29) is 12.0 Å². The molecule has 2 unspecified atom stereocenters. The van der Waals surface area contributed by atoms with Crippen molar-refractivity contribution in [2.45, 2.75) is 38.1 Å². The van der Waals surface area contributed by atoms with Crippen LogP contribution in [0.4, 0.5) is 0 Å². The zero-order valence-electron chi connectivity index (χ0n) is 8.48. The van der Waals surface area contributed by atoms with Crippen LogP contribution in [0.25, 0.3) is 0 Å². The fourth-order valence-corrected chi connectivity index (χ4v) is 4.80. The molecular weight excluding hydrogens is 198 g/mol. The molecule has 0 amide bonds. The third kappa shape index (κ3) is 2.11. The summed E-state index contributed by atoms with van der Waals surface area (Å²) in [6.07, 6.45) is 5.56. The second-order valence-electron chi connectivity index (χ2n) is 4.78. The molecule has 1 saturated carbocycles. The lowest BCUT2D eigenvalue weighted by molar-refractivity contribution is 0.296. The van der Waals surface area contributed by atoms with Gasteiger partial charge >= 0.3 is 0 Å². The van der Waals surface area contributed by atoms with E-state index in [0.717, 1.165) is 0 Å². The Balaban J connectivity index is 2.07. The molecule has 1 saturated heterocycles. The third-order valence-electron chi connectivity index (χ3n) is 3.76. The lowest BCUT2D eigenvalue weighted by Gasteiger charge is -2.32. The van der Waals surface area contributed by atoms with Gasteiger partial charge in [-0.3, -0.25) is 0 Å². The number of hydrogen-bond donors (Lipinski definition) is 1. The molecule has 3 nitrogen and oxygen atoms in total. The molecule has 2 rings (SSSR count). The fraction of sp³-hybridized carbons (Fsp3) is 1.00. The predicted molar refractivity (Wildman–Crippen MR) is 56.7 cm³/mol. The molecule has 2 aliphatic rings. The van der Waals surface area contributed by atoms with Gasteiger partial charge in [0.05, 0.1) is 11.5 Å². The Morgan fingerprint density at radius 3 is 2.36 bits per heavy atom. The van der Waals surface area contributed by atoms with Gasteiger partial charge in [-0.15, -0.1) is 0 Å². The van der Waals surface area contributed by atoms with Gasteiger partial charge in [-0.25, -0.2) is 8.42 Å². The molecule has 2 atom stereocenters. The number of rotatable bonds is 1. The van der Waals surface area contributed by atoms with E-state index >= 15 is 0 Å². The van der Waals surface area contributed by atoms with Crippen LogP contribution < -0.4 is 5.73 Å². The van der Waals surface area contributed by atoms with Crippen molar-refractivity contribution in [2.24, 2.45) is 17.6 Å². The van der Waals surface area contributed by atoms with Crippen LogP contribution in [0.15, 0.2) is 0 Å². The van der Waals surface area contributed by atoms with Crippen molar-refractivity contribution in [1.29, 1.82) is 0 Å². The molecular formula is C10H19NO2S. The highest BCUT2D eigenvalue weighted by Gasteiger charge is 2.36. The normalized spacial score (nSPS) is 38.6. The van der Waals surface area contributed by atoms with Crippen molar-refractivity contribution >= 4 is 9.84 Å². The van der Waals surface area contributed by atoms with Crippen LogP contribution in [0.5, 0.6) is 0 Å². The Hall–Kier alpha value is -0.0900. The monoisotopic (exact) mass is 217 g/mol. The minimum absolute atomic E-state index is 0.127. The van der Waals surface area contributed by atoms with Gasteiger partial charge in [0.2, 0.25) is 0 Å². The van der Waals surface area contributed by atoms with E-state index in [1.165, 1.54) is 25.7 Å². The summed E-state index contributed by atoms with van der Waals surface area (Å²) in [5.74, 6) is 1.48. The van der Waals surface area contributed by atoms with Crippen molar-refractivity contribution in [3.63, 3.8) is 0 Å². The van der Waals surface area contributed by atoms with Crippen LogP contribution in [0.3, 0.4) is 0 Å². The first-order chi connectivity index (χ1) is 6.58. The van der Waals surface area contributed by atoms with Gasteiger partial charge in [0.1, 0.15) is 0 Å². The van der Waals surface area contributed by atoms with Gasteiger partial charge in [-0.2, -0.15) is 0 Å². The standard InChI is InChI=1S/C10H19NO2S/c11-10-5-6-14(12,13)7-9(10)8-3-1-2-4-8/h8-10H,1-7,11H2. The molecule has 0 aromatic carbocycles. The second-order valence-corrected chi connectivity index (χ2v) is 7.00. The Labute approximate surface area is 86.0 Å². The van der Waals surface area contributed by atoms with Crippen molar-refractivity contribution < 1.29 is 8.42 Å². The van der Waals surface area contributed by atoms with E-state index in [0.29, 0.717) is 23.8 Å². The molecule has 1 aliphatic carbocycles. The van der Waals surface area contributed by atoms with Gasteiger partial charge in [-0.1, -0.05) is 25.7 Å². The summed E-state index contributed by atoms with van der Waals surface area (Å²) in [5, 5.41) is 0. The van der Waals surface area contributed by atoms with Crippen LogP contribution in [0.1, 0.15) is 32.1 Å². The zero-order chi connectivity index (χ0) is 10.2. The van der Waals surface area contributed by atoms with E-state index in [1.807, 2.05) is 0 Å². The Bertz CT molecular complexity index is 293. The van der Waals surface area contributed by atoms with Crippen LogP contribution in [-0.4, -0.2) is 26.0 Å². The molecule has 2 fully saturated rings. The SMILES string of the molecule is NC1CCS(=O)(=O)CC1C1CCCC1. The van der Waals surface area contributed by atoms with Crippen LogP contribution in [0.2, 0.25) is 0 Å². The molecule has 4 heteroatoms. The van der Waals surface area contributed by atoms with E-state index < -0.39 is 9.84 Å². The minimum atomic E-state index is -2.78. The first-order valence-corrected chi connectivity index (χ1v) is 7.37. The molecule has 0 aromatic rings. The van der Waals surface area contributed by atoms with E-state index in [1.54, 1.807) is 0 Å². The summed E-state index contributed by atoms with van der Waals surface area (Å²) < 4.78 is 23.0. The summed E-state index contributed by atoms with van der Waals surface area (Å²) in [4.78, 5) is 0. The van der Waals surface area contributed by atoms with Gasteiger partial charge in [-0.05, 0) is 18.3 Å². The van der Waals surface area contributed by atoms with Crippen LogP contribution >= 0.6 is 0 Å². The minimum Gasteiger partial charge on any atom is -0.327 e. The highest BCUT2D eigenvalue weighted by atomic mass is 32.2. The van der Waals surface area contributed by atoms with E-state index in [4.69, 9.17) is 5.73 Å². The molecule has 2 N–H and O–H groups in total. The van der Waals surface area contributed by atoms with E-state index in [9.17, 15) is 8.42 Å². The van der Waals surface area contributed by atoms with E-state index in [2.05, 4.69) is 0 Å². The summed E-state index contributed by atoms with van der Waals surface area (Å²) in [7, 11) is -2.78. The predicted octanol–water partition coefficient (Wildman–Crippen LogP) is 0.939. The van der Waals surface area contributed by atoms with Crippen molar-refractivity contribution in [1.82, 2.24) is 0 Å². The Morgan fingerprint density at radius 1 is 1.07 bits per heavy atom. The topological polar surface area (TPSA) is 60.2 Å². The third-order valence-corrected chi connectivity index (χ3v) is 5.51. The Morgan fingerprint density at radius 2 is 1.71 bits per heavy atom. The fourth-order valence-electron chi connectivity index (χ4n) is 2.90. The van der Waals surface area contributed by atoms with Gasteiger partial charge < -0.3 is 5.73 Å². The number of nitrogens with two attached hydrogens (primary N) is 1. The lowest BCUT2D eigenvalue weighted by Crippen LogP contribution is -2.44. The second kappa shape index (κ2) is 3.81. The summed E-state index contributed by atoms with van der Waals surface area (Å²) in [6, 6.07) is 0.127. The first-order valence-electron chi connectivity index (χ1n) is 5.54. The smallest absolute Gasteiger partial charge is 0.150 e. The summed E-state index contributed by atoms with van der Waals surface area (Å²) in [5.41, 5.74) is 6.02. The quantitative estimate of drug-likeness (QED) is 0.711. The van der Waals surface area contributed by atoms with Gasteiger partial charge in [0.15, 0.2) is 9.84 Å². The van der Waals surface area contributed by atoms with Crippen LogP contribution in [-0.2, 0) is 9.84 Å². The first kappa shape index (κ1) is 10.4. The van der Waals surface area contributed by atoms with Crippen LogP contribution in [0, 0.1) is 11.8 Å². The highest BCUT2D eigenvalue weighted by Crippen LogP contribution is 2.36. The molecule has 82 valence electrons. The molecule has 0 bridgehead atoms. The average molecular weight is 217 g/mol. The largest absolute Gasteiger partial charge is 0.327 e. The van der Waals surface area contributed by atoms with Gasteiger partial charge in [0.25, 0.3) is 0 Å². The molecule has 0 radical (unpaired) electrons. The molecule has 14 heavy (non-hydrogen) atoms. The molecule has 0 spiro atoms. The highest BCUT2D eigenvalue weighted by molar-refractivity contribution is 7.91. The van der Waals surface area contributed by atoms with Crippen molar-refractivity contribution in [2.75, 3.05) is 11.5 Å². The lowest BCUT2D eigenvalue weighted by atomic mass is 9.85. The maximum Gasteiger partial charge on any atom is 0.150 e. The summed E-state index contributed by atoms with van der Waals surface area (Å²) in [6.45, 7) is 0. The maximum atomic E-state index is 11.5. The number of sulfone groups is 1. The molecule has 1 heterocycles. The number of hydrogen-bond acceptors (Lipinski definition) is 3. The summed E-state index contributed by atoms with van der Waals surface area (Å²) >= 11 is 0. The zero-order valence-corrected chi connectivity index (χ0v) is 9.30. The molecule has 1 aliphatic heterocycles. The molecule has 0 aromatic heterocycles. The van der Waals surface area contributed by atoms with Crippen molar-refractivity contribution in [3.05, 3.63) is 0 Å². The Kier molecular flexibility index (Phi) is 2.84. The average Bonchev–Trinajstić information content (AvgIpc) is 2.62. The maximum absolute atomic E-state index is 11.5.